The molecule has 0 aromatic heterocycles. The molecule has 0 saturated carbocycles. The number of hydrogen-bond donors (Lipinski definition) is 0. The van der Waals surface area contributed by atoms with Gasteiger partial charge in [0.15, 0.2) is 0 Å². The summed E-state index contributed by atoms with van der Waals surface area (Å²) in [6, 6.07) is 0.517. The highest BCUT2D eigenvalue weighted by Crippen LogP contribution is 2.18. The van der Waals surface area contributed by atoms with Gasteiger partial charge in [0.25, 0.3) is 0 Å². The number of rotatable bonds is 6. The molecule has 5 heteroatoms. The third-order valence-electron chi connectivity index (χ3n) is 3.87. The molecule has 5 nitrogen and oxygen atoms in total. The van der Waals surface area contributed by atoms with Gasteiger partial charge in [0.1, 0.15) is 0 Å². The smallest absolute Gasteiger partial charge is 0.0718 e. The first-order valence-electron chi connectivity index (χ1n) is 6.90. The van der Waals surface area contributed by atoms with E-state index in [4.69, 9.17) is 14.2 Å². The second-order valence-electron chi connectivity index (χ2n) is 5.23. The first-order valence-corrected chi connectivity index (χ1v) is 6.90. The van der Waals surface area contributed by atoms with Crippen LogP contribution in [-0.4, -0.2) is 88.7 Å². The summed E-state index contributed by atoms with van der Waals surface area (Å²) in [5.74, 6) is 0. The molecular weight excluding hydrogens is 232 g/mol. The van der Waals surface area contributed by atoms with Crippen LogP contribution in [0, 0.1) is 0 Å². The maximum atomic E-state index is 5.97. The molecule has 2 aliphatic rings. The maximum Gasteiger partial charge on any atom is 0.0718 e. The predicted molar refractivity (Wildman–Crippen MR) is 69.9 cm³/mol. The Hall–Kier alpha value is -0.200. The first-order chi connectivity index (χ1) is 8.79. The Morgan fingerprint density at radius 2 is 2.06 bits per heavy atom. The average molecular weight is 258 g/mol. The number of likely N-dealkylation sites (tertiary alicyclic amines) is 1. The zero-order chi connectivity index (χ0) is 12.8. The lowest BCUT2D eigenvalue weighted by molar-refractivity contribution is 0.00439. The van der Waals surface area contributed by atoms with Crippen molar-refractivity contribution >= 4 is 0 Å². The quantitative estimate of drug-likeness (QED) is 0.673. The molecule has 2 heterocycles. The second-order valence-corrected chi connectivity index (χ2v) is 5.23. The van der Waals surface area contributed by atoms with E-state index < -0.39 is 0 Å². The van der Waals surface area contributed by atoms with E-state index in [0.29, 0.717) is 12.1 Å². The monoisotopic (exact) mass is 258 g/mol. The summed E-state index contributed by atoms with van der Waals surface area (Å²) in [7, 11) is 3.91. The molecule has 0 amide bonds. The van der Waals surface area contributed by atoms with Crippen molar-refractivity contribution < 1.29 is 14.2 Å². The van der Waals surface area contributed by atoms with Crippen LogP contribution in [0.4, 0.5) is 0 Å². The van der Waals surface area contributed by atoms with Crippen LogP contribution in [0.5, 0.6) is 0 Å². The van der Waals surface area contributed by atoms with Crippen LogP contribution in [-0.2, 0) is 14.2 Å². The molecule has 0 spiro atoms. The molecule has 18 heavy (non-hydrogen) atoms. The van der Waals surface area contributed by atoms with E-state index in [1.165, 1.54) is 0 Å². The van der Waals surface area contributed by atoms with Gasteiger partial charge in [0.05, 0.1) is 32.5 Å². The van der Waals surface area contributed by atoms with E-state index in [9.17, 15) is 0 Å². The van der Waals surface area contributed by atoms with Gasteiger partial charge in [-0.3, -0.25) is 9.80 Å². The van der Waals surface area contributed by atoms with Gasteiger partial charge in [-0.25, -0.2) is 0 Å². The molecule has 2 fully saturated rings. The number of likely N-dealkylation sites (N-methyl/N-ethyl adjacent to an activating group) is 1. The van der Waals surface area contributed by atoms with E-state index in [1.807, 2.05) is 0 Å². The fraction of sp³-hybridized carbons (Fsp3) is 1.00. The number of ether oxygens (including phenoxy) is 3. The molecule has 2 aliphatic heterocycles. The topological polar surface area (TPSA) is 34.2 Å². The van der Waals surface area contributed by atoms with Gasteiger partial charge in [0, 0.05) is 39.3 Å². The summed E-state index contributed by atoms with van der Waals surface area (Å²) >= 11 is 0. The van der Waals surface area contributed by atoms with Gasteiger partial charge in [0.2, 0.25) is 0 Å². The van der Waals surface area contributed by atoms with Gasteiger partial charge in [-0.05, 0) is 13.5 Å². The van der Waals surface area contributed by atoms with Crippen molar-refractivity contribution in [1.82, 2.24) is 9.80 Å². The van der Waals surface area contributed by atoms with Crippen LogP contribution < -0.4 is 0 Å². The van der Waals surface area contributed by atoms with Crippen molar-refractivity contribution in [1.29, 1.82) is 0 Å². The molecule has 0 aliphatic carbocycles. The normalized spacial score (nSPS) is 31.0. The van der Waals surface area contributed by atoms with Crippen LogP contribution in [0.25, 0.3) is 0 Å². The van der Waals surface area contributed by atoms with E-state index >= 15 is 0 Å². The van der Waals surface area contributed by atoms with E-state index in [2.05, 4.69) is 16.8 Å². The lowest BCUT2D eigenvalue weighted by Gasteiger charge is -2.26. The van der Waals surface area contributed by atoms with Crippen LogP contribution >= 0.6 is 0 Å². The Morgan fingerprint density at radius 3 is 2.78 bits per heavy atom. The van der Waals surface area contributed by atoms with Crippen molar-refractivity contribution in [3.63, 3.8) is 0 Å². The average Bonchev–Trinajstić information content (AvgIpc) is 2.72. The highest BCUT2D eigenvalue weighted by atomic mass is 16.5. The summed E-state index contributed by atoms with van der Waals surface area (Å²) in [4.78, 5) is 4.75. The van der Waals surface area contributed by atoms with Crippen molar-refractivity contribution in [2.75, 3.05) is 66.8 Å². The first kappa shape index (κ1) is 14.2. The van der Waals surface area contributed by atoms with Crippen molar-refractivity contribution in [2.45, 2.75) is 18.6 Å². The van der Waals surface area contributed by atoms with Gasteiger partial charge >= 0.3 is 0 Å². The molecule has 0 aromatic rings. The predicted octanol–water partition coefficient (Wildman–Crippen LogP) is 0.0543. The summed E-state index contributed by atoms with van der Waals surface area (Å²) in [6.07, 6.45) is 1.46. The molecular formula is C13H26N2O3. The van der Waals surface area contributed by atoms with E-state index in [1.54, 1.807) is 7.11 Å². The van der Waals surface area contributed by atoms with Crippen molar-refractivity contribution in [2.24, 2.45) is 0 Å². The molecule has 0 aromatic carbocycles. The highest BCUT2D eigenvalue weighted by molar-refractivity contribution is 4.83. The SMILES string of the molecule is COC[C@@H]1C[C@@H](OCCN2CCOCC2)CN1C. The summed E-state index contributed by atoms with van der Waals surface area (Å²) in [6.45, 7) is 7.50. The fourth-order valence-electron chi connectivity index (χ4n) is 2.71. The van der Waals surface area contributed by atoms with Crippen LogP contribution in [0.1, 0.15) is 6.42 Å². The Kier molecular flexibility index (Phi) is 5.85. The van der Waals surface area contributed by atoms with Gasteiger partial charge in [-0.15, -0.1) is 0 Å². The molecule has 106 valence electrons. The Balaban J connectivity index is 1.59. The summed E-state index contributed by atoms with van der Waals surface area (Å²) < 4.78 is 16.5. The molecule has 2 atom stereocenters. The fourth-order valence-corrected chi connectivity index (χ4v) is 2.71. The number of hydrogen-bond acceptors (Lipinski definition) is 5. The zero-order valence-electron chi connectivity index (χ0n) is 11.6. The molecule has 0 N–H and O–H groups in total. The minimum absolute atomic E-state index is 0.371. The Labute approximate surface area is 110 Å². The molecule has 2 saturated heterocycles. The summed E-state index contributed by atoms with van der Waals surface area (Å²) in [5, 5.41) is 0. The minimum atomic E-state index is 0.371. The zero-order valence-corrected chi connectivity index (χ0v) is 11.6. The second kappa shape index (κ2) is 7.40. The number of morpholine rings is 1. The number of nitrogens with zero attached hydrogens (tertiary/aromatic N) is 2. The molecule has 0 unspecified atom stereocenters. The van der Waals surface area contributed by atoms with Gasteiger partial charge in [-0.2, -0.15) is 0 Å². The number of methoxy groups -OCH3 is 1. The third-order valence-corrected chi connectivity index (χ3v) is 3.87. The molecule has 0 radical (unpaired) electrons. The standard InChI is InChI=1S/C13H26N2O3/c1-14-10-13(9-12(14)11-16-2)18-8-5-15-3-6-17-7-4-15/h12-13H,3-11H2,1-2H3/t12-,13+/m0/s1. The largest absolute Gasteiger partial charge is 0.383 e. The van der Waals surface area contributed by atoms with Gasteiger partial charge in [-0.1, -0.05) is 0 Å². The minimum Gasteiger partial charge on any atom is -0.383 e. The lowest BCUT2D eigenvalue weighted by atomic mass is 10.2. The van der Waals surface area contributed by atoms with Crippen molar-refractivity contribution in [3.8, 4) is 0 Å². The van der Waals surface area contributed by atoms with Crippen LogP contribution in [0.3, 0.4) is 0 Å². The molecule has 2 rings (SSSR count). The lowest BCUT2D eigenvalue weighted by Crippen LogP contribution is -2.38. The Morgan fingerprint density at radius 1 is 1.28 bits per heavy atom. The van der Waals surface area contributed by atoms with E-state index in [-0.39, 0.29) is 0 Å². The van der Waals surface area contributed by atoms with Crippen LogP contribution in [0.15, 0.2) is 0 Å². The van der Waals surface area contributed by atoms with Crippen LogP contribution in [0.2, 0.25) is 0 Å². The molecule has 0 bridgehead atoms. The summed E-state index contributed by atoms with van der Waals surface area (Å²) in [5.41, 5.74) is 0. The third kappa shape index (κ3) is 4.17. The highest BCUT2D eigenvalue weighted by Gasteiger charge is 2.29. The van der Waals surface area contributed by atoms with Gasteiger partial charge < -0.3 is 14.2 Å². The maximum absolute atomic E-state index is 5.97. The Bertz CT molecular complexity index is 234. The van der Waals surface area contributed by atoms with E-state index in [0.717, 1.165) is 59.0 Å². The van der Waals surface area contributed by atoms with Crippen molar-refractivity contribution in [3.05, 3.63) is 0 Å².